The maximum atomic E-state index is 11.6. The third-order valence-electron chi connectivity index (χ3n) is 3.43. The first-order valence-corrected chi connectivity index (χ1v) is 7.09. The summed E-state index contributed by atoms with van der Waals surface area (Å²) in [5.74, 6) is 0.932. The maximum absolute atomic E-state index is 11.6. The van der Waals surface area contributed by atoms with Crippen molar-refractivity contribution in [2.75, 3.05) is 0 Å². The van der Waals surface area contributed by atoms with Crippen LogP contribution in [-0.2, 0) is 6.61 Å². The van der Waals surface area contributed by atoms with Crippen molar-refractivity contribution in [2.45, 2.75) is 13.5 Å². The Labute approximate surface area is 132 Å². The van der Waals surface area contributed by atoms with Crippen molar-refractivity contribution in [3.8, 4) is 22.8 Å². The van der Waals surface area contributed by atoms with Gasteiger partial charge in [0.2, 0.25) is 0 Å². The number of nitrogens with zero attached hydrogens (tertiary/aromatic N) is 1. The van der Waals surface area contributed by atoms with E-state index in [2.05, 4.69) is 4.98 Å². The molecule has 1 N–H and O–H groups in total. The second-order valence-electron chi connectivity index (χ2n) is 5.08. The fraction of sp³-hybridized carbons (Fsp3) is 0.111. The molecule has 5 nitrogen and oxygen atoms in total. The monoisotopic (exact) mass is 309 g/mol. The van der Waals surface area contributed by atoms with Gasteiger partial charge in [0.25, 0.3) is 0 Å². The summed E-state index contributed by atoms with van der Waals surface area (Å²) in [6, 6.07) is 12.3. The third kappa shape index (κ3) is 3.40. The van der Waals surface area contributed by atoms with Gasteiger partial charge in [-0.25, -0.2) is 4.79 Å². The summed E-state index contributed by atoms with van der Waals surface area (Å²) in [5, 5.41) is 9.72. The Morgan fingerprint density at radius 2 is 2.00 bits per heavy atom. The van der Waals surface area contributed by atoms with Crippen molar-refractivity contribution >= 4 is 0 Å². The molecule has 1 aromatic carbocycles. The normalized spacial score (nSPS) is 10.5. The molecule has 0 bridgehead atoms. The van der Waals surface area contributed by atoms with Gasteiger partial charge in [-0.1, -0.05) is 6.07 Å². The maximum Gasteiger partial charge on any atom is 0.342 e. The summed E-state index contributed by atoms with van der Waals surface area (Å²) >= 11 is 0. The van der Waals surface area contributed by atoms with Crippen LogP contribution >= 0.6 is 0 Å². The van der Waals surface area contributed by atoms with E-state index in [-0.39, 0.29) is 11.3 Å². The van der Waals surface area contributed by atoms with Crippen molar-refractivity contribution in [1.29, 1.82) is 0 Å². The molecule has 0 amide bonds. The number of aromatic hydroxyl groups is 1. The lowest BCUT2D eigenvalue weighted by Gasteiger charge is -2.07. The molecule has 3 aromatic rings. The summed E-state index contributed by atoms with van der Waals surface area (Å²) < 4.78 is 10.8. The van der Waals surface area contributed by atoms with Gasteiger partial charge in [0.1, 0.15) is 23.9 Å². The molecule has 2 heterocycles. The molecule has 116 valence electrons. The molecule has 0 saturated heterocycles. The second-order valence-corrected chi connectivity index (χ2v) is 5.08. The molecule has 0 aliphatic rings. The molecular formula is C18H15NO4. The van der Waals surface area contributed by atoms with E-state index in [4.69, 9.17) is 9.15 Å². The summed E-state index contributed by atoms with van der Waals surface area (Å²) in [6.45, 7) is 1.94. The van der Waals surface area contributed by atoms with E-state index < -0.39 is 5.63 Å². The fourth-order valence-corrected chi connectivity index (χ4v) is 2.05. The second kappa shape index (κ2) is 6.36. The molecular weight excluding hydrogens is 294 g/mol. The molecule has 0 aliphatic heterocycles. The molecule has 0 aliphatic carbocycles. The molecule has 2 aromatic heterocycles. The van der Waals surface area contributed by atoms with E-state index in [1.165, 1.54) is 13.0 Å². The van der Waals surface area contributed by atoms with Crippen LogP contribution in [0.5, 0.6) is 11.5 Å². The number of rotatable bonds is 4. The smallest absolute Gasteiger partial charge is 0.342 e. The van der Waals surface area contributed by atoms with E-state index >= 15 is 0 Å². The molecule has 0 radical (unpaired) electrons. The molecule has 0 unspecified atom stereocenters. The van der Waals surface area contributed by atoms with Gasteiger partial charge in [-0.15, -0.1) is 0 Å². The summed E-state index contributed by atoms with van der Waals surface area (Å²) in [6.07, 6.45) is 3.46. The topological polar surface area (TPSA) is 72.6 Å². The molecule has 3 rings (SSSR count). The predicted octanol–water partition coefficient (Wildman–Crippen LogP) is 3.29. The van der Waals surface area contributed by atoms with Gasteiger partial charge in [-0.05, 0) is 37.3 Å². The highest BCUT2D eigenvalue weighted by molar-refractivity contribution is 5.60. The van der Waals surface area contributed by atoms with Crippen LogP contribution in [-0.4, -0.2) is 10.1 Å². The predicted molar refractivity (Wildman–Crippen MR) is 85.4 cm³/mol. The van der Waals surface area contributed by atoms with E-state index in [1.54, 1.807) is 36.7 Å². The Bertz CT molecular complexity index is 854. The van der Waals surface area contributed by atoms with Crippen LogP contribution in [0.4, 0.5) is 0 Å². The molecule has 0 saturated carbocycles. The minimum atomic E-state index is -0.545. The highest BCUT2D eigenvalue weighted by Gasteiger charge is 2.08. The first-order chi connectivity index (χ1) is 11.1. The number of pyridine rings is 1. The Kier molecular flexibility index (Phi) is 4.10. The highest BCUT2D eigenvalue weighted by atomic mass is 16.5. The van der Waals surface area contributed by atoms with Crippen LogP contribution in [0.15, 0.2) is 64.1 Å². The van der Waals surface area contributed by atoms with Gasteiger partial charge in [0, 0.05) is 29.6 Å². The Morgan fingerprint density at radius 1 is 1.22 bits per heavy atom. The number of hydrogen-bond donors (Lipinski definition) is 1. The lowest BCUT2D eigenvalue weighted by atomic mass is 10.1. The number of ether oxygens (including phenoxy) is 1. The van der Waals surface area contributed by atoms with E-state index in [0.29, 0.717) is 23.7 Å². The largest absolute Gasteiger partial charge is 0.507 e. The number of aromatic nitrogens is 1. The zero-order valence-corrected chi connectivity index (χ0v) is 12.5. The van der Waals surface area contributed by atoms with E-state index in [1.807, 2.05) is 12.1 Å². The van der Waals surface area contributed by atoms with Crippen LogP contribution in [0.25, 0.3) is 11.3 Å². The van der Waals surface area contributed by atoms with Crippen LogP contribution in [0.2, 0.25) is 0 Å². The fourth-order valence-electron chi connectivity index (χ4n) is 2.05. The SMILES string of the molecule is Cc1c(O)cc(-c2ccc(OCc3cccnc3)cc2)oc1=O. The molecule has 0 spiro atoms. The molecule has 23 heavy (non-hydrogen) atoms. The number of hydrogen-bond acceptors (Lipinski definition) is 5. The average Bonchev–Trinajstić information content (AvgIpc) is 2.59. The van der Waals surface area contributed by atoms with Crippen molar-refractivity contribution in [2.24, 2.45) is 0 Å². The zero-order chi connectivity index (χ0) is 16.2. The van der Waals surface area contributed by atoms with E-state index in [9.17, 15) is 9.90 Å². The zero-order valence-electron chi connectivity index (χ0n) is 12.5. The Morgan fingerprint density at radius 3 is 2.65 bits per heavy atom. The Balaban J connectivity index is 1.76. The molecule has 0 atom stereocenters. The van der Waals surface area contributed by atoms with Gasteiger partial charge in [0.15, 0.2) is 0 Å². The van der Waals surface area contributed by atoms with Gasteiger partial charge < -0.3 is 14.3 Å². The van der Waals surface area contributed by atoms with Crippen molar-refractivity contribution in [3.63, 3.8) is 0 Å². The lowest BCUT2D eigenvalue weighted by Crippen LogP contribution is -2.03. The van der Waals surface area contributed by atoms with Crippen LogP contribution in [0.3, 0.4) is 0 Å². The third-order valence-corrected chi connectivity index (χ3v) is 3.43. The van der Waals surface area contributed by atoms with Crippen LogP contribution in [0.1, 0.15) is 11.1 Å². The first kappa shape index (κ1) is 14.8. The lowest BCUT2D eigenvalue weighted by molar-refractivity contribution is 0.306. The molecule has 0 fully saturated rings. The van der Waals surface area contributed by atoms with Gasteiger partial charge in [-0.3, -0.25) is 4.98 Å². The van der Waals surface area contributed by atoms with Crippen molar-refractivity contribution in [3.05, 3.63) is 76.4 Å². The summed E-state index contributed by atoms with van der Waals surface area (Å²) in [4.78, 5) is 15.6. The van der Waals surface area contributed by atoms with Crippen LogP contribution in [0, 0.1) is 6.92 Å². The summed E-state index contributed by atoms with van der Waals surface area (Å²) in [7, 11) is 0. The van der Waals surface area contributed by atoms with Crippen LogP contribution < -0.4 is 10.4 Å². The standard InChI is InChI=1S/C18H15NO4/c1-12-16(20)9-17(23-18(12)21)14-4-6-15(7-5-14)22-11-13-3-2-8-19-10-13/h2-10,20H,11H2,1H3. The van der Waals surface area contributed by atoms with Gasteiger partial charge in [-0.2, -0.15) is 0 Å². The first-order valence-electron chi connectivity index (χ1n) is 7.09. The van der Waals surface area contributed by atoms with Crippen molar-refractivity contribution < 1.29 is 14.3 Å². The van der Waals surface area contributed by atoms with Gasteiger partial charge >= 0.3 is 5.63 Å². The summed E-state index contributed by atoms with van der Waals surface area (Å²) in [5.41, 5.74) is 1.32. The number of benzene rings is 1. The average molecular weight is 309 g/mol. The minimum absolute atomic E-state index is 0.0758. The molecule has 5 heteroatoms. The van der Waals surface area contributed by atoms with Gasteiger partial charge in [0.05, 0.1) is 5.56 Å². The van der Waals surface area contributed by atoms with E-state index in [0.717, 1.165) is 5.56 Å². The Hall–Kier alpha value is -3.08. The van der Waals surface area contributed by atoms with Crippen molar-refractivity contribution in [1.82, 2.24) is 4.98 Å². The minimum Gasteiger partial charge on any atom is -0.507 e. The quantitative estimate of drug-likeness (QED) is 0.800. The highest BCUT2D eigenvalue weighted by Crippen LogP contribution is 2.25.